The van der Waals surface area contributed by atoms with E-state index in [9.17, 15) is 18.0 Å². The van der Waals surface area contributed by atoms with Crippen LogP contribution >= 0.6 is 0 Å². The second kappa shape index (κ2) is 6.34. The number of nitrogens with two attached hydrogens (primary N) is 1. The number of carbonyl (C=O) groups excluding carboxylic acids is 1. The average molecular weight is 304 g/mol. The number of amides is 1. The van der Waals surface area contributed by atoms with Crippen LogP contribution in [0.1, 0.15) is 32.8 Å². The molecule has 0 aliphatic heterocycles. The lowest BCUT2D eigenvalue weighted by atomic mass is 9.90. The molecule has 0 radical (unpaired) electrons. The molecule has 0 aromatic heterocycles. The summed E-state index contributed by atoms with van der Waals surface area (Å²) in [7, 11) is 0. The lowest BCUT2D eigenvalue weighted by Crippen LogP contribution is -2.53. The van der Waals surface area contributed by atoms with Crippen molar-refractivity contribution in [3.8, 4) is 5.75 Å². The van der Waals surface area contributed by atoms with E-state index in [2.05, 4.69) is 10.1 Å². The van der Waals surface area contributed by atoms with Crippen molar-refractivity contribution >= 4 is 5.91 Å². The molecule has 7 heteroatoms. The van der Waals surface area contributed by atoms with Crippen molar-refractivity contribution in [3.63, 3.8) is 0 Å². The summed E-state index contributed by atoms with van der Waals surface area (Å²) in [6.45, 7) is 5.43. The Hall–Kier alpha value is -1.76. The van der Waals surface area contributed by atoms with Crippen molar-refractivity contribution < 1.29 is 22.7 Å². The average Bonchev–Trinajstić information content (AvgIpc) is 2.37. The van der Waals surface area contributed by atoms with Crippen molar-refractivity contribution in [1.29, 1.82) is 0 Å². The molecule has 0 saturated carbocycles. The van der Waals surface area contributed by atoms with Gasteiger partial charge in [0.2, 0.25) is 5.91 Å². The van der Waals surface area contributed by atoms with Gasteiger partial charge in [-0.2, -0.15) is 0 Å². The maximum absolute atomic E-state index is 12.1. The summed E-state index contributed by atoms with van der Waals surface area (Å²) in [6, 6.07) is 5.11. The number of carbonyl (C=O) groups is 1. The van der Waals surface area contributed by atoms with Gasteiger partial charge in [-0.15, -0.1) is 13.2 Å². The zero-order valence-electron chi connectivity index (χ0n) is 12.1. The minimum Gasteiger partial charge on any atom is -0.406 e. The highest BCUT2D eigenvalue weighted by molar-refractivity contribution is 5.85. The second-order valence-electron chi connectivity index (χ2n) is 5.02. The van der Waals surface area contributed by atoms with Crippen molar-refractivity contribution in [2.24, 2.45) is 5.73 Å². The highest BCUT2D eigenvalue weighted by atomic mass is 19.4. The largest absolute Gasteiger partial charge is 0.573 e. The molecule has 2 atom stereocenters. The quantitative estimate of drug-likeness (QED) is 0.849. The van der Waals surface area contributed by atoms with E-state index < -0.39 is 17.8 Å². The fraction of sp³-hybridized carbons (Fsp3) is 0.500. The SMILES string of the molecule is CCC(C)NC(C)(C(N)=O)c1ccc(OC(F)(F)F)cc1. The maximum atomic E-state index is 12.1. The number of primary amides is 1. The normalized spacial score (nSPS) is 16.1. The number of benzene rings is 1. The smallest absolute Gasteiger partial charge is 0.406 e. The Morgan fingerprint density at radius 2 is 1.86 bits per heavy atom. The molecule has 21 heavy (non-hydrogen) atoms. The number of ether oxygens (including phenoxy) is 1. The topological polar surface area (TPSA) is 64.3 Å². The number of rotatable bonds is 6. The molecule has 118 valence electrons. The van der Waals surface area contributed by atoms with E-state index in [0.717, 1.165) is 18.6 Å². The number of hydrogen-bond acceptors (Lipinski definition) is 3. The van der Waals surface area contributed by atoms with Gasteiger partial charge < -0.3 is 10.5 Å². The minimum absolute atomic E-state index is 0.0219. The molecule has 0 heterocycles. The lowest BCUT2D eigenvalue weighted by molar-refractivity contribution is -0.274. The van der Waals surface area contributed by atoms with E-state index in [1.165, 1.54) is 12.1 Å². The van der Waals surface area contributed by atoms with Gasteiger partial charge in [-0.25, -0.2) is 0 Å². The van der Waals surface area contributed by atoms with Gasteiger partial charge in [0.25, 0.3) is 0 Å². The first-order valence-corrected chi connectivity index (χ1v) is 6.52. The summed E-state index contributed by atoms with van der Waals surface area (Å²) in [6.07, 6.45) is -3.97. The standard InChI is InChI=1S/C14H19F3N2O2/c1-4-9(2)19-13(3,12(18)20)10-5-7-11(8-6-10)21-14(15,16)17/h5-9,19H,4H2,1-3H3,(H2,18,20). The van der Waals surface area contributed by atoms with E-state index in [0.29, 0.717) is 5.56 Å². The fourth-order valence-electron chi connectivity index (χ4n) is 1.88. The van der Waals surface area contributed by atoms with E-state index in [-0.39, 0.29) is 11.8 Å². The Morgan fingerprint density at radius 3 is 2.24 bits per heavy atom. The summed E-state index contributed by atoms with van der Waals surface area (Å²) in [4.78, 5) is 11.7. The summed E-state index contributed by atoms with van der Waals surface area (Å²) >= 11 is 0. The minimum atomic E-state index is -4.75. The van der Waals surface area contributed by atoms with E-state index >= 15 is 0 Å². The number of nitrogens with one attached hydrogen (secondary N) is 1. The third-order valence-corrected chi connectivity index (χ3v) is 3.31. The van der Waals surface area contributed by atoms with Gasteiger partial charge in [-0.05, 0) is 38.0 Å². The molecule has 0 spiro atoms. The predicted octanol–water partition coefficient (Wildman–Crippen LogP) is 2.67. The lowest BCUT2D eigenvalue weighted by Gasteiger charge is -2.31. The van der Waals surface area contributed by atoms with E-state index in [4.69, 9.17) is 5.73 Å². The van der Waals surface area contributed by atoms with Crippen LogP contribution in [0.2, 0.25) is 0 Å². The third kappa shape index (κ3) is 4.63. The fourth-order valence-corrected chi connectivity index (χ4v) is 1.88. The first kappa shape index (κ1) is 17.3. The van der Waals surface area contributed by atoms with Gasteiger partial charge in [0, 0.05) is 6.04 Å². The van der Waals surface area contributed by atoms with Gasteiger partial charge in [-0.1, -0.05) is 19.1 Å². The highest BCUT2D eigenvalue weighted by Gasteiger charge is 2.35. The molecule has 3 N–H and O–H groups in total. The third-order valence-electron chi connectivity index (χ3n) is 3.31. The van der Waals surface area contributed by atoms with Crippen LogP contribution in [0.15, 0.2) is 24.3 Å². The molecular weight excluding hydrogens is 285 g/mol. The van der Waals surface area contributed by atoms with Crippen molar-refractivity contribution in [2.75, 3.05) is 0 Å². The molecule has 0 aliphatic carbocycles. The molecule has 1 rings (SSSR count). The number of hydrogen-bond donors (Lipinski definition) is 2. The molecule has 1 aromatic rings. The molecule has 1 amide bonds. The van der Waals surface area contributed by atoms with Gasteiger partial charge in [0.05, 0.1) is 0 Å². The van der Waals surface area contributed by atoms with Crippen LogP contribution in [-0.4, -0.2) is 18.3 Å². The molecule has 0 saturated heterocycles. The second-order valence-corrected chi connectivity index (χ2v) is 5.02. The van der Waals surface area contributed by atoms with Crippen molar-refractivity contribution in [1.82, 2.24) is 5.32 Å². The molecular formula is C14H19F3N2O2. The zero-order valence-corrected chi connectivity index (χ0v) is 12.1. The number of halogens is 3. The van der Waals surface area contributed by atoms with Crippen LogP contribution in [0.4, 0.5) is 13.2 Å². The summed E-state index contributed by atoms with van der Waals surface area (Å²) in [5.41, 5.74) is 4.75. The van der Waals surface area contributed by atoms with Crippen LogP contribution in [-0.2, 0) is 10.3 Å². The Kier molecular flexibility index (Phi) is 5.22. The molecule has 1 aromatic carbocycles. The number of alkyl halides is 3. The molecule has 4 nitrogen and oxygen atoms in total. The molecule has 0 aliphatic rings. The van der Waals surface area contributed by atoms with E-state index in [1.54, 1.807) is 6.92 Å². The van der Waals surface area contributed by atoms with E-state index in [1.807, 2.05) is 13.8 Å². The Labute approximate surface area is 121 Å². The van der Waals surface area contributed by atoms with Crippen molar-refractivity contribution in [3.05, 3.63) is 29.8 Å². The van der Waals surface area contributed by atoms with Gasteiger partial charge in [-0.3, -0.25) is 10.1 Å². The van der Waals surface area contributed by atoms with Crippen LogP contribution in [0.3, 0.4) is 0 Å². The molecule has 0 bridgehead atoms. The first-order valence-electron chi connectivity index (χ1n) is 6.52. The zero-order chi connectivity index (χ0) is 16.3. The molecule has 2 unspecified atom stereocenters. The van der Waals surface area contributed by atoms with Gasteiger partial charge >= 0.3 is 6.36 Å². The maximum Gasteiger partial charge on any atom is 0.573 e. The van der Waals surface area contributed by atoms with Crippen LogP contribution in [0.5, 0.6) is 5.75 Å². The van der Waals surface area contributed by atoms with Crippen LogP contribution in [0.25, 0.3) is 0 Å². The highest BCUT2D eigenvalue weighted by Crippen LogP contribution is 2.27. The summed E-state index contributed by atoms with van der Waals surface area (Å²) in [5.74, 6) is -0.950. The summed E-state index contributed by atoms with van der Waals surface area (Å²) in [5, 5.41) is 3.09. The molecule has 0 fully saturated rings. The van der Waals surface area contributed by atoms with Crippen LogP contribution < -0.4 is 15.8 Å². The monoisotopic (exact) mass is 304 g/mol. The Morgan fingerprint density at radius 1 is 1.33 bits per heavy atom. The van der Waals surface area contributed by atoms with Gasteiger partial charge in [0.15, 0.2) is 0 Å². The Bertz CT molecular complexity index is 488. The first-order chi connectivity index (χ1) is 9.58. The summed E-state index contributed by atoms with van der Waals surface area (Å²) < 4.78 is 40.1. The Balaban J connectivity index is 3.02. The van der Waals surface area contributed by atoms with Gasteiger partial charge in [0.1, 0.15) is 11.3 Å². The van der Waals surface area contributed by atoms with Crippen LogP contribution in [0, 0.1) is 0 Å². The van der Waals surface area contributed by atoms with Crippen molar-refractivity contribution in [2.45, 2.75) is 45.1 Å². The predicted molar refractivity (Wildman–Crippen MR) is 72.6 cm³/mol.